The van der Waals surface area contributed by atoms with Crippen LogP contribution in [0.25, 0.3) is 22.2 Å². The summed E-state index contributed by atoms with van der Waals surface area (Å²) in [6.45, 7) is 10.4. The van der Waals surface area contributed by atoms with Crippen LogP contribution in [0.4, 0.5) is 29.7 Å². The van der Waals surface area contributed by atoms with Crippen LogP contribution < -0.4 is 5.32 Å². The standard InChI is InChI=1S/C30H35F3N8O2/c1-18(39-9-11-40(12-10-39)28(42)43-29(2,3)4)19-7-8-34-24(13-19)37-27-36-23-6-5-22(25(31)26(23)38-27)20-15-35-41(16-20)17-21-14-30(21,32)33/h5-8,13,15-16,18,21H,9-12,14,17H2,1-4H3,(H2,34,36,37,38). The van der Waals surface area contributed by atoms with E-state index in [1.807, 2.05) is 32.9 Å². The minimum absolute atomic E-state index is 0.0760. The molecule has 3 aromatic heterocycles. The number of pyridine rings is 1. The number of alkyl halides is 2. The highest BCUT2D eigenvalue weighted by atomic mass is 19.3. The Hall–Kier alpha value is -4.13. The fourth-order valence-corrected chi connectivity index (χ4v) is 5.35. The van der Waals surface area contributed by atoms with Crippen molar-refractivity contribution in [3.8, 4) is 11.1 Å². The minimum Gasteiger partial charge on any atom is -0.444 e. The average Bonchev–Trinajstić information content (AvgIpc) is 3.28. The molecule has 1 aliphatic carbocycles. The number of aromatic nitrogens is 5. The average molecular weight is 597 g/mol. The highest BCUT2D eigenvalue weighted by Crippen LogP contribution is 2.49. The molecule has 228 valence electrons. The third-order valence-electron chi connectivity index (χ3n) is 7.93. The van der Waals surface area contributed by atoms with Crippen molar-refractivity contribution in [3.63, 3.8) is 0 Å². The lowest BCUT2D eigenvalue weighted by atomic mass is 10.1. The zero-order valence-electron chi connectivity index (χ0n) is 24.6. The number of fused-ring (bicyclic) bond motifs is 1. The Morgan fingerprint density at radius 3 is 2.65 bits per heavy atom. The molecule has 1 aliphatic heterocycles. The number of anilines is 2. The van der Waals surface area contributed by atoms with Gasteiger partial charge in [-0.3, -0.25) is 9.58 Å². The van der Waals surface area contributed by atoms with E-state index in [4.69, 9.17) is 4.74 Å². The fraction of sp³-hybridized carbons (Fsp3) is 0.467. The summed E-state index contributed by atoms with van der Waals surface area (Å²) in [5.41, 5.74) is 1.96. The number of nitrogens with zero attached hydrogens (tertiary/aromatic N) is 6. The molecule has 2 N–H and O–H groups in total. The van der Waals surface area contributed by atoms with Gasteiger partial charge >= 0.3 is 6.09 Å². The van der Waals surface area contributed by atoms with E-state index >= 15 is 4.39 Å². The molecular formula is C30H35F3N8O2. The second-order valence-corrected chi connectivity index (χ2v) is 12.3. The number of piperazine rings is 1. The molecule has 1 aromatic carbocycles. The number of imidazole rings is 1. The largest absolute Gasteiger partial charge is 0.444 e. The first-order valence-corrected chi connectivity index (χ1v) is 14.4. The van der Waals surface area contributed by atoms with E-state index in [-0.39, 0.29) is 30.6 Å². The topological polar surface area (TPSA) is 104 Å². The molecule has 13 heteroatoms. The number of aromatic amines is 1. The Morgan fingerprint density at radius 1 is 1.21 bits per heavy atom. The summed E-state index contributed by atoms with van der Waals surface area (Å²) in [5, 5.41) is 7.29. The molecule has 1 amide bonds. The van der Waals surface area contributed by atoms with E-state index in [0.717, 1.165) is 5.56 Å². The maximum Gasteiger partial charge on any atom is 0.410 e. The van der Waals surface area contributed by atoms with Crippen LogP contribution in [0.2, 0.25) is 0 Å². The Morgan fingerprint density at radius 2 is 1.95 bits per heavy atom. The second kappa shape index (κ2) is 10.9. The van der Waals surface area contributed by atoms with Crippen LogP contribution >= 0.6 is 0 Å². The zero-order chi connectivity index (χ0) is 30.5. The van der Waals surface area contributed by atoms with Crippen molar-refractivity contribution in [1.82, 2.24) is 34.5 Å². The lowest BCUT2D eigenvalue weighted by molar-refractivity contribution is 0.0110. The molecule has 1 saturated carbocycles. The molecule has 2 atom stereocenters. The first-order chi connectivity index (χ1) is 20.4. The van der Waals surface area contributed by atoms with Gasteiger partial charge in [0.25, 0.3) is 5.92 Å². The molecule has 4 aromatic rings. The molecule has 2 unspecified atom stereocenters. The van der Waals surface area contributed by atoms with Gasteiger partial charge in [-0.25, -0.2) is 27.9 Å². The number of carbonyl (C=O) groups excluding carboxylic acids is 1. The van der Waals surface area contributed by atoms with Crippen LogP contribution in [-0.4, -0.2) is 78.3 Å². The summed E-state index contributed by atoms with van der Waals surface area (Å²) in [6.07, 6.45) is 4.34. The lowest BCUT2D eigenvalue weighted by Crippen LogP contribution is -2.50. The molecule has 0 radical (unpaired) electrons. The summed E-state index contributed by atoms with van der Waals surface area (Å²) in [5.74, 6) is -2.98. The van der Waals surface area contributed by atoms with Crippen molar-refractivity contribution in [2.45, 2.75) is 58.2 Å². The second-order valence-electron chi connectivity index (χ2n) is 12.3. The Labute approximate surface area is 247 Å². The first-order valence-electron chi connectivity index (χ1n) is 14.4. The van der Waals surface area contributed by atoms with Crippen molar-refractivity contribution in [2.24, 2.45) is 5.92 Å². The van der Waals surface area contributed by atoms with E-state index in [2.05, 4.69) is 37.2 Å². The first kappa shape index (κ1) is 29.0. The molecule has 43 heavy (non-hydrogen) atoms. The maximum absolute atomic E-state index is 15.5. The predicted molar refractivity (Wildman–Crippen MR) is 156 cm³/mol. The molecule has 1 saturated heterocycles. The molecule has 6 rings (SSSR count). The van der Waals surface area contributed by atoms with Crippen LogP contribution in [0.3, 0.4) is 0 Å². The van der Waals surface area contributed by atoms with Crippen molar-refractivity contribution in [3.05, 3.63) is 54.2 Å². The van der Waals surface area contributed by atoms with Crippen LogP contribution in [0.5, 0.6) is 0 Å². The number of nitrogens with one attached hydrogen (secondary N) is 2. The third kappa shape index (κ3) is 6.31. The van der Waals surface area contributed by atoms with E-state index in [9.17, 15) is 13.6 Å². The van der Waals surface area contributed by atoms with Gasteiger partial charge in [-0.2, -0.15) is 5.10 Å². The summed E-state index contributed by atoms with van der Waals surface area (Å²) < 4.78 is 49.1. The van der Waals surface area contributed by atoms with Crippen molar-refractivity contribution >= 4 is 28.9 Å². The van der Waals surface area contributed by atoms with Crippen LogP contribution in [0, 0.1) is 11.7 Å². The van der Waals surface area contributed by atoms with Gasteiger partial charge < -0.3 is 19.9 Å². The summed E-state index contributed by atoms with van der Waals surface area (Å²) in [6, 6.07) is 7.26. The van der Waals surface area contributed by atoms with Crippen molar-refractivity contribution in [2.75, 3.05) is 31.5 Å². The summed E-state index contributed by atoms with van der Waals surface area (Å²) >= 11 is 0. The number of rotatable bonds is 7. The number of ether oxygens (including phenoxy) is 1. The van der Waals surface area contributed by atoms with E-state index in [1.54, 1.807) is 29.4 Å². The number of hydrogen-bond donors (Lipinski definition) is 2. The normalized spacial score (nSPS) is 19.4. The van der Waals surface area contributed by atoms with Crippen LogP contribution in [0.15, 0.2) is 42.9 Å². The molecule has 4 heterocycles. The van der Waals surface area contributed by atoms with Gasteiger partial charge in [0.2, 0.25) is 5.95 Å². The SMILES string of the molecule is CC(c1ccnc(Nc2nc3ccc(-c4cnn(CC5CC5(F)F)c4)c(F)c3[nH]2)c1)N1CCN(C(=O)OC(C)(C)C)CC1. The third-order valence-corrected chi connectivity index (χ3v) is 7.93. The van der Waals surface area contributed by atoms with Gasteiger partial charge in [-0.15, -0.1) is 0 Å². The summed E-state index contributed by atoms with van der Waals surface area (Å²) in [7, 11) is 0. The predicted octanol–water partition coefficient (Wildman–Crippen LogP) is 5.97. The van der Waals surface area contributed by atoms with E-state index < -0.39 is 23.3 Å². The molecule has 10 nitrogen and oxygen atoms in total. The molecule has 0 spiro atoms. The minimum atomic E-state index is -2.64. The Bertz CT molecular complexity index is 1640. The molecule has 0 bridgehead atoms. The zero-order valence-corrected chi connectivity index (χ0v) is 24.6. The van der Waals surface area contributed by atoms with Crippen LogP contribution in [-0.2, 0) is 11.3 Å². The van der Waals surface area contributed by atoms with E-state index in [1.165, 1.54) is 10.9 Å². The number of H-pyrrole nitrogens is 1. The van der Waals surface area contributed by atoms with Gasteiger partial charge in [0.05, 0.1) is 11.7 Å². The Kier molecular flexibility index (Phi) is 7.31. The summed E-state index contributed by atoms with van der Waals surface area (Å²) in [4.78, 5) is 28.4. The number of hydrogen-bond acceptors (Lipinski definition) is 7. The van der Waals surface area contributed by atoms with Crippen molar-refractivity contribution < 1.29 is 22.7 Å². The van der Waals surface area contributed by atoms with E-state index in [0.29, 0.717) is 54.6 Å². The quantitative estimate of drug-likeness (QED) is 0.271. The number of benzene rings is 1. The monoisotopic (exact) mass is 596 g/mol. The van der Waals surface area contributed by atoms with Gasteiger partial charge in [0, 0.05) is 74.6 Å². The molecule has 2 aliphatic rings. The maximum atomic E-state index is 15.5. The smallest absolute Gasteiger partial charge is 0.410 e. The number of carbonyl (C=O) groups is 1. The highest BCUT2D eigenvalue weighted by Gasteiger charge is 2.56. The number of amides is 1. The fourth-order valence-electron chi connectivity index (χ4n) is 5.35. The highest BCUT2D eigenvalue weighted by molar-refractivity contribution is 5.84. The van der Waals surface area contributed by atoms with Gasteiger partial charge in [0.15, 0.2) is 5.82 Å². The van der Waals surface area contributed by atoms with Gasteiger partial charge in [-0.05, 0) is 57.5 Å². The Balaban J connectivity index is 1.11. The van der Waals surface area contributed by atoms with Crippen molar-refractivity contribution in [1.29, 1.82) is 0 Å². The number of halogens is 3. The van der Waals surface area contributed by atoms with Crippen LogP contribution in [0.1, 0.15) is 45.7 Å². The van der Waals surface area contributed by atoms with Gasteiger partial charge in [0.1, 0.15) is 16.9 Å². The van der Waals surface area contributed by atoms with Gasteiger partial charge in [-0.1, -0.05) is 0 Å². The molecular weight excluding hydrogens is 561 g/mol. The lowest BCUT2D eigenvalue weighted by Gasteiger charge is -2.38. The molecule has 2 fully saturated rings.